The van der Waals surface area contributed by atoms with Gasteiger partial charge in [0, 0.05) is 5.69 Å². The minimum absolute atomic E-state index is 0.0926. The van der Waals surface area contributed by atoms with Crippen LogP contribution in [-0.2, 0) is 4.74 Å². The molecule has 4 heteroatoms. The summed E-state index contributed by atoms with van der Waals surface area (Å²) in [4.78, 5) is 11.5. The number of phenols is 1. The predicted octanol–water partition coefficient (Wildman–Crippen LogP) is 1.54. The first kappa shape index (κ1) is 9.83. The molecule has 1 aromatic carbocycles. The molecule has 2 rings (SSSR count). The lowest BCUT2D eigenvalue weighted by atomic mass is 10.2. The molecule has 0 amide bonds. The second-order valence-electron chi connectivity index (χ2n) is 3.82. The molecule has 0 bridgehead atoms. The Bertz CT molecular complexity index is 385. The monoisotopic (exact) mass is 207 g/mol. The molecule has 1 saturated carbocycles. The molecule has 15 heavy (non-hydrogen) atoms. The number of nitrogen functional groups attached to an aromatic ring is 1. The summed E-state index contributed by atoms with van der Waals surface area (Å²) in [6.45, 7) is 0.438. The fourth-order valence-corrected chi connectivity index (χ4v) is 1.27. The SMILES string of the molecule is Nc1ccc(O)c(C(=O)OCC2CC2)c1. The van der Waals surface area contributed by atoms with Crippen molar-refractivity contribution >= 4 is 11.7 Å². The van der Waals surface area contributed by atoms with Crippen molar-refractivity contribution in [3.63, 3.8) is 0 Å². The second kappa shape index (κ2) is 3.81. The van der Waals surface area contributed by atoms with E-state index in [2.05, 4.69) is 0 Å². The molecule has 0 unspecified atom stereocenters. The van der Waals surface area contributed by atoms with E-state index >= 15 is 0 Å². The Morgan fingerprint density at radius 1 is 1.53 bits per heavy atom. The molecule has 3 N–H and O–H groups in total. The van der Waals surface area contributed by atoms with Crippen LogP contribution in [0, 0.1) is 5.92 Å². The average Bonchev–Trinajstić information content (AvgIpc) is 3.02. The summed E-state index contributed by atoms with van der Waals surface area (Å²) in [5, 5.41) is 9.43. The number of aromatic hydroxyl groups is 1. The van der Waals surface area contributed by atoms with E-state index < -0.39 is 5.97 Å². The van der Waals surface area contributed by atoms with Gasteiger partial charge in [0.05, 0.1) is 6.61 Å². The molecular formula is C11H13NO3. The van der Waals surface area contributed by atoms with Crippen LogP contribution in [-0.4, -0.2) is 17.7 Å². The number of hydrogen-bond acceptors (Lipinski definition) is 4. The number of carbonyl (C=O) groups excluding carboxylic acids is 1. The van der Waals surface area contributed by atoms with E-state index in [0.29, 0.717) is 18.2 Å². The van der Waals surface area contributed by atoms with Crippen molar-refractivity contribution < 1.29 is 14.6 Å². The maximum Gasteiger partial charge on any atom is 0.341 e. The fraction of sp³-hybridized carbons (Fsp3) is 0.364. The van der Waals surface area contributed by atoms with Crippen LogP contribution in [0.2, 0.25) is 0 Å². The van der Waals surface area contributed by atoms with Gasteiger partial charge in [0.1, 0.15) is 11.3 Å². The van der Waals surface area contributed by atoms with E-state index in [1.165, 1.54) is 18.2 Å². The number of hydrogen-bond donors (Lipinski definition) is 2. The van der Waals surface area contributed by atoms with Crippen molar-refractivity contribution in [3.8, 4) is 5.75 Å². The van der Waals surface area contributed by atoms with Crippen molar-refractivity contribution in [3.05, 3.63) is 23.8 Å². The summed E-state index contributed by atoms with van der Waals surface area (Å²) < 4.78 is 5.03. The van der Waals surface area contributed by atoms with E-state index in [-0.39, 0.29) is 11.3 Å². The standard InChI is InChI=1S/C11H13NO3/c12-8-3-4-10(13)9(5-8)11(14)15-6-7-1-2-7/h3-5,7,13H,1-2,6,12H2. The first-order chi connectivity index (χ1) is 7.16. The number of phenolic OH excluding ortho intramolecular Hbond substituents is 1. The number of esters is 1. The minimum atomic E-state index is -0.508. The largest absolute Gasteiger partial charge is 0.507 e. The molecule has 0 spiro atoms. The van der Waals surface area contributed by atoms with Crippen LogP contribution in [0.3, 0.4) is 0 Å². The Hall–Kier alpha value is -1.71. The number of nitrogens with two attached hydrogens (primary N) is 1. The third-order valence-corrected chi connectivity index (χ3v) is 2.39. The van der Waals surface area contributed by atoms with Crippen LogP contribution in [0.1, 0.15) is 23.2 Å². The van der Waals surface area contributed by atoms with Crippen molar-refractivity contribution in [2.75, 3.05) is 12.3 Å². The highest BCUT2D eigenvalue weighted by Crippen LogP contribution is 2.29. The van der Waals surface area contributed by atoms with Crippen LogP contribution >= 0.6 is 0 Å². The molecule has 1 aliphatic carbocycles. The van der Waals surface area contributed by atoms with Gasteiger partial charge in [0.15, 0.2) is 0 Å². The molecule has 4 nitrogen and oxygen atoms in total. The maximum atomic E-state index is 11.5. The molecular weight excluding hydrogens is 194 g/mol. The summed E-state index contributed by atoms with van der Waals surface area (Å²) >= 11 is 0. The zero-order chi connectivity index (χ0) is 10.8. The first-order valence-electron chi connectivity index (χ1n) is 4.92. The molecule has 80 valence electrons. The fourth-order valence-electron chi connectivity index (χ4n) is 1.27. The van der Waals surface area contributed by atoms with Gasteiger partial charge in [-0.3, -0.25) is 0 Å². The highest BCUT2D eigenvalue weighted by atomic mass is 16.5. The summed E-state index contributed by atoms with van der Waals surface area (Å²) in [5.74, 6) is -0.0890. The van der Waals surface area contributed by atoms with E-state index in [9.17, 15) is 9.90 Å². The Morgan fingerprint density at radius 2 is 2.27 bits per heavy atom. The lowest BCUT2D eigenvalue weighted by Crippen LogP contribution is -2.08. The Balaban J connectivity index is 2.05. The van der Waals surface area contributed by atoms with Gasteiger partial charge in [0.2, 0.25) is 0 Å². The highest BCUT2D eigenvalue weighted by Gasteiger charge is 2.24. The normalized spacial score (nSPS) is 14.9. The number of carbonyl (C=O) groups is 1. The van der Waals surface area contributed by atoms with Crippen LogP contribution in [0.25, 0.3) is 0 Å². The van der Waals surface area contributed by atoms with Gasteiger partial charge in [-0.15, -0.1) is 0 Å². The number of rotatable bonds is 3. The van der Waals surface area contributed by atoms with E-state index in [4.69, 9.17) is 10.5 Å². The third kappa shape index (κ3) is 2.40. The Kier molecular flexibility index (Phi) is 2.49. The van der Waals surface area contributed by atoms with Gasteiger partial charge in [-0.05, 0) is 37.0 Å². The van der Waals surface area contributed by atoms with Crippen molar-refractivity contribution in [2.45, 2.75) is 12.8 Å². The minimum Gasteiger partial charge on any atom is -0.507 e. The van der Waals surface area contributed by atoms with Crippen LogP contribution < -0.4 is 5.73 Å². The zero-order valence-electron chi connectivity index (χ0n) is 8.27. The quantitative estimate of drug-likeness (QED) is 0.448. The lowest BCUT2D eigenvalue weighted by molar-refractivity contribution is 0.0483. The second-order valence-corrected chi connectivity index (χ2v) is 3.82. The van der Waals surface area contributed by atoms with Crippen molar-refractivity contribution in [1.82, 2.24) is 0 Å². The van der Waals surface area contributed by atoms with Crippen molar-refractivity contribution in [1.29, 1.82) is 0 Å². The molecule has 0 aromatic heterocycles. The summed E-state index contributed by atoms with van der Waals surface area (Å²) in [5.41, 5.74) is 6.09. The van der Waals surface area contributed by atoms with Crippen molar-refractivity contribution in [2.24, 2.45) is 5.92 Å². The molecule has 0 heterocycles. The van der Waals surface area contributed by atoms with Gasteiger partial charge in [0.25, 0.3) is 0 Å². The predicted molar refractivity (Wildman–Crippen MR) is 55.5 cm³/mol. The van der Waals surface area contributed by atoms with Crippen LogP contribution in [0.4, 0.5) is 5.69 Å². The lowest BCUT2D eigenvalue weighted by Gasteiger charge is -2.06. The number of anilines is 1. The van der Waals surface area contributed by atoms with Gasteiger partial charge < -0.3 is 15.6 Å². The Morgan fingerprint density at radius 3 is 2.93 bits per heavy atom. The molecule has 0 radical (unpaired) electrons. The van der Waals surface area contributed by atoms with E-state index in [1.54, 1.807) is 0 Å². The molecule has 0 atom stereocenters. The zero-order valence-corrected chi connectivity index (χ0v) is 8.27. The smallest absolute Gasteiger partial charge is 0.341 e. The number of ether oxygens (including phenoxy) is 1. The highest BCUT2D eigenvalue weighted by molar-refractivity contribution is 5.93. The first-order valence-corrected chi connectivity index (χ1v) is 4.92. The summed E-state index contributed by atoms with van der Waals surface area (Å²) in [7, 11) is 0. The summed E-state index contributed by atoms with van der Waals surface area (Å²) in [6.07, 6.45) is 2.24. The van der Waals surface area contributed by atoms with Gasteiger partial charge in [-0.25, -0.2) is 4.79 Å². The molecule has 1 aromatic rings. The van der Waals surface area contributed by atoms with Gasteiger partial charge in [-0.2, -0.15) is 0 Å². The van der Waals surface area contributed by atoms with Crippen LogP contribution in [0.5, 0.6) is 5.75 Å². The van der Waals surface area contributed by atoms with Gasteiger partial charge in [-0.1, -0.05) is 0 Å². The molecule has 0 saturated heterocycles. The van der Waals surface area contributed by atoms with Crippen LogP contribution in [0.15, 0.2) is 18.2 Å². The molecule has 1 aliphatic rings. The van der Waals surface area contributed by atoms with Gasteiger partial charge >= 0.3 is 5.97 Å². The van der Waals surface area contributed by atoms with E-state index in [0.717, 1.165) is 12.8 Å². The van der Waals surface area contributed by atoms with E-state index in [1.807, 2.05) is 0 Å². The summed E-state index contributed by atoms with van der Waals surface area (Å²) in [6, 6.07) is 4.35. The topological polar surface area (TPSA) is 72.5 Å². The average molecular weight is 207 g/mol. The number of benzene rings is 1. The maximum absolute atomic E-state index is 11.5. The molecule has 0 aliphatic heterocycles. The molecule has 1 fully saturated rings. The Labute approximate surface area is 87.7 Å². The third-order valence-electron chi connectivity index (χ3n) is 2.39.